The lowest BCUT2D eigenvalue weighted by Crippen LogP contribution is -2.19. The molecule has 0 aliphatic heterocycles. The Balaban J connectivity index is 1.99. The maximum Gasteiger partial charge on any atom is 0.320 e. The van der Waals surface area contributed by atoms with E-state index in [9.17, 15) is 18.8 Å². The van der Waals surface area contributed by atoms with Crippen molar-refractivity contribution in [2.45, 2.75) is 25.4 Å². The van der Waals surface area contributed by atoms with E-state index in [1.54, 1.807) is 0 Å². The van der Waals surface area contributed by atoms with Gasteiger partial charge in [-0.05, 0) is 24.6 Å². The minimum atomic E-state index is -1.82. The minimum Gasteiger partial charge on any atom is -0.393 e. The number of ketones is 1. The third-order valence-corrected chi connectivity index (χ3v) is 3.36. The Kier molecular flexibility index (Phi) is 3.90. The lowest BCUT2D eigenvalue weighted by atomic mass is 10.1. The quantitative estimate of drug-likeness (QED) is 0.633. The van der Waals surface area contributed by atoms with Gasteiger partial charge in [0, 0.05) is 11.4 Å². The number of carbonyl (C=O) groups excluding carboxylic acids is 3. The van der Waals surface area contributed by atoms with Gasteiger partial charge < -0.3 is 4.74 Å². The van der Waals surface area contributed by atoms with Gasteiger partial charge in [-0.2, -0.15) is 0 Å². The molecule has 0 heterocycles. The predicted octanol–water partition coefficient (Wildman–Crippen LogP) is 2.57. The van der Waals surface area contributed by atoms with Gasteiger partial charge in [0.05, 0.1) is 5.92 Å². The number of benzene rings is 1. The average Bonchev–Trinajstić information content (AvgIpc) is 3.02. The zero-order valence-electron chi connectivity index (χ0n) is 10.7. The van der Waals surface area contributed by atoms with Gasteiger partial charge in [-0.15, -0.1) is 0 Å². The fourth-order valence-corrected chi connectivity index (χ4v) is 2.10. The van der Waals surface area contributed by atoms with E-state index >= 15 is 0 Å². The van der Waals surface area contributed by atoms with Crippen LogP contribution < -0.4 is 0 Å². The third-order valence-electron chi connectivity index (χ3n) is 3.11. The Morgan fingerprint density at radius 3 is 2.50 bits per heavy atom. The van der Waals surface area contributed by atoms with Gasteiger partial charge in [-0.3, -0.25) is 14.4 Å². The Morgan fingerprint density at radius 2 is 1.95 bits per heavy atom. The molecule has 0 aromatic heterocycles. The second kappa shape index (κ2) is 5.32. The SMILES string of the molecule is CC(=O)CC(=O)OC(=O)C1CC1(F)c1ccc(Cl)cc1. The number of Topliss-reactive ketones (excluding diaryl/α,β-unsaturated/α-hetero) is 1. The molecular formula is C14H12ClFO4. The second-order valence-corrected chi connectivity index (χ2v) is 5.23. The summed E-state index contributed by atoms with van der Waals surface area (Å²) in [5, 5.41) is 0.466. The number of halogens is 2. The van der Waals surface area contributed by atoms with Crippen LogP contribution in [0, 0.1) is 5.92 Å². The highest BCUT2D eigenvalue weighted by Crippen LogP contribution is 2.56. The molecule has 4 nitrogen and oxygen atoms in total. The van der Waals surface area contributed by atoms with Gasteiger partial charge in [0.25, 0.3) is 0 Å². The number of hydrogen-bond acceptors (Lipinski definition) is 4. The van der Waals surface area contributed by atoms with Gasteiger partial charge in [-0.25, -0.2) is 4.39 Å². The average molecular weight is 299 g/mol. The number of esters is 2. The summed E-state index contributed by atoms with van der Waals surface area (Å²) in [5.74, 6) is -3.32. The molecule has 1 aromatic rings. The van der Waals surface area contributed by atoms with Crippen molar-refractivity contribution >= 4 is 29.3 Å². The first-order valence-corrected chi connectivity index (χ1v) is 6.39. The van der Waals surface area contributed by atoms with Crippen molar-refractivity contribution in [2.24, 2.45) is 5.92 Å². The first-order chi connectivity index (χ1) is 9.33. The predicted molar refractivity (Wildman–Crippen MR) is 68.7 cm³/mol. The molecule has 0 radical (unpaired) electrons. The number of alkyl halides is 1. The molecule has 1 fully saturated rings. The summed E-state index contributed by atoms with van der Waals surface area (Å²) < 4.78 is 18.9. The van der Waals surface area contributed by atoms with E-state index in [0.717, 1.165) is 0 Å². The van der Waals surface area contributed by atoms with Gasteiger partial charge in [-0.1, -0.05) is 23.7 Å². The molecule has 0 amide bonds. The molecule has 0 bridgehead atoms. The van der Waals surface area contributed by atoms with E-state index in [4.69, 9.17) is 11.6 Å². The summed E-state index contributed by atoms with van der Waals surface area (Å²) in [6.07, 6.45) is -0.528. The van der Waals surface area contributed by atoms with Gasteiger partial charge >= 0.3 is 11.9 Å². The Hall–Kier alpha value is -1.75. The lowest BCUT2D eigenvalue weighted by molar-refractivity contribution is -0.161. The Bertz CT molecular complexity index is 569. The van der Waals surface area contributed by atoms with Crippen LogP contribution in [-0.4, -0.2) is 17.7 Å². The number of carbonyl (C=O) groups is 3. The van der Waals surface area contributed by atoms with Crippen LogP contribution in [0.2, 0.25) is 5.02 Å². The van der Waals surface area contributed by atoms with Crippen molar-refractivity contribution in [1.29, 1.82) is 0 Å². The van der Waals surface area contributed by atoms with Crippen molar-refractivity contribution < 1.29 is 23.5 Å². The molecule has 1 saturated carbocycles. The molecule has 20 heavy (non-hydrogen) atoms. The molecular weight excluding hydrogens is 287 g/mol. The van der Waals surface area contributed by atoms with Crippen molar-refractivity contribution in [3.05, 3.63) is 34.9 Å². The number of rotatable bonds is 4. The Morgan fingerprint density at radius 1 is 1.35 bits per heavy atom. The van der Waals surface area contributed by atoms with E-state index in [-0.39, 0.29) is 6.42 Å². The lowest BCUT2D eigenvalue weighted by Gasteiger charge is -2.07. The van der Waals surface area contributed by atoms with Crippen LogP contribution in [0.15, 0.2) is 24.3 Å². The largest absolute Gasteiger partial charge is 0.393 e. The molecule has 0 spiro atoms. The molecule has 6 heteroatoms. The fourth-order valence-electron chi connectivity index (χ4n) is 1.98. The van der Waals surface area contributed by atoms with Crippen molar-refractivity contribution in [3.63, 3.8) is 0 Å². The molecule has 0 N–H and O–H groups in total. The van der Waals surface area contributed by atoms with Gasteiger partial charge in [0.15, 0.2) is 0 Å². The van der Waals surface area contributed by atoms with Crippen LogP contribution in [0.5, 0.6) is 0 Å². The molecule has 2 atom stereocenters. The molecule has 1 aliphatic carbocycles. The highest BCUT2D eigenvalue weighted by molar-refractivity contribution is 6.30. The van der Waals surface area contributed by atoms with Crippen LogP contribution in [-0.2, 0) is 24.8 Å². The van der Waals surface area contributed by atoms with Gasteiger partial charge in [0.1, 0.15) is 17.9 Å². The van der Waals surface area contributed by atoms with Crippen LogP contribution in [0.25, 0.3) is 0 Å². The highest BCUT2D eigenvalue weighted by Gasteiger charge is 2.62. The Labute approximate surface area is 119 Å². The van der Waals surface area contributed by atoms with Crippen LogP contribution >= 0.6 is 11.6 Å². The summed E-state index contributed by atoms with van der Waals surface area (Å²) in [6.45, 7) is 1.20. The van der Waals surface area contributed by atoms with Crippen molar-refractivity contribution in [2.75, 3.05) is 0 Å². The monoisotopic (exact) mass is 298 g/mol. The number of ether oxygens (including phenoxy) is 1. The molecule has 0 saturated heterocycles. The maximum atomic E-state index is 14.5. The van der Waals surface area contributed by atoms with Crippen LogP contribution in [0.1, 0.15) is 25.3 Å². The standard InChI is InChI=1S/C14H12ClFO4/c1-8(17)6-12(18)20-13(19)11-7-14(11,16)9-2-4-10(15)5-3-9/h2-5,11H,6-7H2,1H3. The summed E-state index contributed by atoms with van der Waals surface area (Å²) in [6, 6.07) is 6.04. The second-order valence-electron chi connectivity index (χ2n) is 4.80. The molecule has 1 aliphatic rings. The normalized spacial score (nSPS) is 24.1. The summed E-state index contributed by atoms with van der Waals surface area (Å²) in [4.78, 5) is 33.5. The van der Waals surface area contributed by atoms with Crippen molar-refractivity contribution in [1.82, 2.24) is 0 Å². The first kappa shape index (κ1) is 14.7. The van der Waals surface area contributed by atoms with E-state index < -0.39 is 35.7 Å². The first-order valence-electron chi connectivity index (χ1n) is 6.02. The summed E-state index contributed by atoms with van der Waals surface area (Å²) in [5.41, 5.74) is -1.50. The minimum absolute atomic E-state index is 0.0409. The highest BCUT2D eigenvalue weighted by atomic mass is 35.5. The smallest absolute Gasteiger partial charge is 0.320 e. The summed E-state index contributed by atoms with van der Waals surface area (Å²) >= 11 is 5.71. The summed E-state index contributed by atoms with van der Waals surface area (Å²) in [7, 11) is 0. The third kappa shape index (κ3) is 3.04. The zero-order valence-corrected chi connectivity index (χ0v) is 11.4. The van der Waals surface area contributed by atoms with Crippen molar-refractivity contribution in [3.8, 4) is 0 Å². The molecule has 1 aromatic carbocycles. The molecule has 2 unspecified atom stereocenters. The van der Waals surface area contributed by atoms with Gasteiger partial charge in [0.2, 0.25) is 0 Å². The number of hydrogen-bond donors (Lipinski definition) is 0. The van der Waals surface area contributed by atoms with Crippen LogP contribution in [0.3, 0.4) is 0 Å². The molecule has 106 valence electrons. The zero-order chi connectivity index (χ0) is 14.9. The van der Waals surface area contributed by atoms with E-state index in [1.165, 1.54) is 31.2 Å². The van der Waals surface area contributed by atoms with E-state index in [2.05, 4.69) is 4.74 Å². The fraction of sp³-hybridized carbons (Fsp3) is 0.357. The molecule has 2 rings (SSSR count). The topological polar surface area (TPSA) is 60.4 Å². The van der Waals surface area contributed by atoms with E-state index in [0.29, 0.717) is 10.6 Å². The van der Waals surface area contributed by atoms with Crippen LogP contribution in [0.4, 0.5) is 4.39 Å². The van der Waals surface area contributed by atoms with E-state index in [1.807, 2.05) is 0 Å². The maximum absolute atomic E-state index is 14.5.